The van der Waals surface area contributed by atoms with Gasteiger partial charge in [-0.3, -0.25) is 9.59 Å². The average molecular weight is 501 g/mol. The van der Waals surface area contributed by atoms with Crippen LogP contribution in [0.1, 0.15) is 74.7 Å². The molecule has 1 aliphatic rings. The number of aryl methyl sites for hydroxylation is 1. The number of amides is 1. The van der Waals surface area contributed by atoms with Crippen LogP contribution < -0.4 is 4.74 Å². The molecule has 1 amide bonds. The van der Waals surface area contributed by atoms with Gasteiger partial charge < -0.3 is 14.7 Å². The molecule has 0 heterocycles. The minimum atomic E-state index is -0.871. The largest absolute Gasteiger partial charge is 0.493 e. The lowest BCUT2D eigenvalue weighted by atomic mass is 10.0. The molecule has 0 aromatic heterocycles. The fraction of sp³-hybridized carbons (Fsp3) is 0.375. The van der Waals surface area contributed by atoms with Crippen LogP contribution in [0.25, 0.3) is 11.1 Å². The van der Waals surface area contributed by atoms with Crippen LogP contribution in [0, 0.1) is 0 Å². The molecule has 37 heavy (non-hydrogen) atoms. The number of carboxylic acids is 1. The number of para-hydroxylation sites is 1. The Morgan fingerprint density at radius 3 is 2.27 bits per heavy atom. The first kappa shape index (κ1) is 25.1. The Balaban J connectivity index is 1.44. The van der Waals surface area contributed by atoms with Gasteiger partial charge in [-0.15, -0.1) is 0 Å². The van der Waals surface area contributed by atoms with Crippen molar-refractivity contribution in [1.82, 2.24) is 4.90 Å². The Morgan fingerprint density at radius 1 is 0.946 bits per heavy atom. The third-order valence-corrected chi connectivity index (χ3v) is 6.62. The highest BCUT2D eigenvalue weighted by molar-refractivity contribution is 5.95. The van der Waals surface area contributed by atoms with Gasteiger partial charge >= 0.3 is 5.97 Å². The van der Waals surface area contributed by atoms with Crippen LogP contribution in [-0.4, -0.2) is 34.5 Å². The van der Waals surface area contributed by atoms with Gasteiger partial charge in [-0.05, 0) is 73.4 Å². The van der Waals surface area contributed by atoms with Crippen molar-refractivity contribution in [2.24, 2.45) is 0 Å². The molecule has 1 fully saturated rings. The van der Waals surface area contributed by atoms with Crippen LogP contribution in [0.2, 0.25) is 0 Å². The number of rotatable bonds is 14. The molecule has 1 saturated carbocycles. The molecule has 0 bridgehead atoms. The Hall–Kier alpha value is -3.60. The molecular weight excluding hydrogens is 462 g/mol. The van der Waals surface area contributed by atoms with E-state index >= 15 is 0 Å². The number of hydrogen-bond acceptors (Lipinski definition) is 3. The van der Waals surface area contributed by atoms with Crippen LogP contribution in [0.5, 0.6) is 5.75 Å². The van der Waals surface area contributed by atoms with Gasteiger partial charge in [-0.25, -0.2) is 0 Å². The van der Waals surface area contributed by atoms with E-state index in [2.05, 4.69) is 31.2 Å². The second kappa shape index (κ2) is 13.1. The first-order valence-electron chi connectivity index (χ1n) is 13.9. The van der Waals surface area contributed by atoms with E-state index in [9.17, 15) is 9.59 Å². The Labute approximate surface area is 221 Å². The minimum absolute atomic E-state index is 0.0554. The zero-order chi connectivity index (χ0) is 26.9. The van der Waals surface area contributed by atoms with Crippen LogP contribution in [0.15, 0.2) is 72.8 Å². The summed E-state index contributed by atoms with van der Waals surface area (Å²) in [5, 5.41) is 8.78. The molecule has 3 aromatic rings. The van der Waals surface area contributed by atoms with Gasteiger partial charge in [0.05, 0.1) is 7.98 Å². The third-order valence-electron chi connectivity index (χ3n) is 6.62. The molecule has 0 radical (unpaired) electrons. The summed E-state index contributed by atoms with van der Waals surface area (Å²) < 4.78 is 15.0. The van der Waals surface area contributed by atoms with E-state index in [4.69, 9.17) is 11.2 Å². The van der Waals surface area contributed by atoms with E-state index in [1.165, 1.54) is 5.56 Å². The number of carbonyl (C=O) groups is 2. The highest BCUT2D eigenvalue weighted by Crippen LogP contribution is 2.32. The molecule has 1 aliphatic carbocycles. The normalized spacial score (nSPS) is 14.0. The number of aliphatic carboxylic acids is 1. The topological polar surface area (TPSA) is 66.8 Å². The smallest absolute Gasteiger partial charge is 0.303 e. The average Bonchev–Trinajstić information content (AvgIpc) is 3.76. The second-order valence-electron chi connectivity index (χ2n) is 9.69. The van der Waals surface area contributed by atoms with Crippen molar-refractivity contribution in [3.8, 4) is 16.9 Å². The lowest BCUT2D eigenvalue weighted by molar-refractivity contribution is -0.137. The predicted molar refractivity (Wildman–Crippen MR) is 147 cm³/mol. The maximum atomic E-state index is 13.6. The van der Waals surface area contributed by atoms with E-state index in [0.717, 1.165) is 49.7 Å². The molecule has 1 atom stereocenters. The SMILES string of the molecule is [2H]C(c1ccccc1OCCCCCC(=O)O)N(C(=O)c1ccc(-c2ccc(CCC)cc2)cc1)C1CC1. The number of carbonyl (C=O) groups excluding carboxylic acids is 1. The quantitative estimate of drug-likeness (QED) is 0.239. The van der Waals surface area contributed by atoms with Crippen LogP contribution in [0.3, 0.4) is 0 Å². The zero-order valence-corrected chi connectivity index (χ0v) is 21.6. The minimum Gasteiger partial charge on any atom is -0.493 e. The van der Waals surface area contributed by atoms with Gasteiger partial charge in [-0.1, -0.05) is 67.9 Å². The maximum Gasteiger partial charge on any atom is 0.303 e. The van der Waals surface area contributed by atoms with Gasteiger partial charge in [0.25, 0.3) is 5.91 Å². The monoisotopic (exact) mass is 500 g/mol. The van der Waals surface area contributed by atoms with Crippen molar-refractivity contribution in [1.29, 1.82) is 0 Å². The molecule has 0 spiro atoms. The molecule has 4 rings (SSSR count). The second-order valence-corrected chi connectivity index (χ2v) is 9.69. The van der Waals surface area contributed by atoms with Crippen molar-refractivity contribution in [2.75, 3.05) is 6.61 Å². The number of ether oxygens (including phenoxy) is 1. The Bertz CT molecular complexity index is 1200. The summed E-state index contributed by atoms with van der Waals surface area (Å²) in [5.41, 5.74) is 4.76. The molecule has 0 aliphatic heterocycles. The highest BCUT2D eigenvalue weighted by Gasteiger charge is 2.33. The van der Waals surface area contributed by atoms with Crippen LogP contribution in [-0.2, 0) is 17.7 Å². The molecule has 5 nitrogen and oxygen atoms in total. The maximum absolute atomic E-state index is 13.6. The third kappa shape index (κ3) is 7.69. The van der Waals surface area contributed by atoms with E-state index in [1.54, 1.807) is 4.90 Å². The molecule has 1 unspecified atom stereocenters. The Morgan fingerprint density at radius 2 is 1.62 bits per heavy atom. The van der Waals surface area contributed by atoms with Crippen molar-refractivity contribution in [3.05, 3.63) is 89.5 Å². The molecular formula is C32H37NO4. The van der Waals surface area contributed by atoms with Crippen molar-refractivity contribution < 1.29 is 20.8 Å². The summed E-state index contributed by atoms with van der Waals surface area (Å²) in [6.45, 7) is 1.75. The standard InChI is InChI=1S/C32H37NO4/c1-2-8-24-12-14-25(15-13-24)26-16-18-27(19-17-26)32(36)33(29-20-21-29)23-28-9-5-6-10-30(28)37-22-7-3-4-11-31(34)35/h5-6,9-10,12-19,29H,2-4,7-8,11,20-23H2,1H3,(H,34,35)/i23D. The molecule has 3 aromatic carbocycles. The summed E-state index contributed by atoms with van der Waals surface area (Å²) in [5.74, 6) is -0.319. The summed E-state index contributed by atoms with van der Waals surface area (Å²) >= 11 is 0. The van der Waals surface area contributed by atoms with Crippen molar-refractivity contribution in [3.63, 3.8) is 0 Å². The number of nitrogens with zero attached hydrogens (tertiary/aromatic N) is 1. The summed E-state index contributed by atoms with van der Waals surface area (Å²) in [4.78, 5) is 26.0. The van der Waals surface area contributed by atoms with E-state index in [1.807, 2.05) is 48.5 Å². The lowest BCUT2D eigenvalue weighted by Crippen LogP contribution is -2.32. The van der Waals surface area contributed by atoms with E-state index in [-0.39, 0.29) is 18.4 Å². The lowest BCUT2D eigenvalue weighted by Gasteiger charge is -2.24. The number of carboxylic acid groups (broad SMARTS) is 1. The number of unbranched alkanes of at least 4 members (excludes halogenated alkanes) is 2. The zero-order valence-electron chi connectivity index (χ0n) is 22.6. The van der Waals surface area contributed by atoms with Crippen molar-refractivity contribution >= 4 is 11.9 Å². The summed E-state index contributed by atoms with van der Waals surface area (Å²) in [7, 11) is 0. The number of hydrogen-bond donors (Lipinski definition) is 1. The first-order chi connectivity index (χ1) is 18.5. The molecule has 1 N–H and O–H groups in total. The summed E-state index contributed by atoms with van der Waals surface area (Å²) in [6, 6.07) is 23.7. The van der Waals surface area contributed by atoms with Gasteiger partial charge in [0.15, 0.2) is 0 Å². The van der Waals surface area contributed by atoms with Gasteiger partial charge in [0, 0.05) is 30.1 Å². The molecule has 0 saturated heterocycles. The Kier molecular flexibility index (Phi) is 8.87. The number of benzene rings is 3. The fourth-order valence-corrected chi connectivity index (χ4v) is 4.40. The van der Waals surface area contributed by atoms with Crippen LogP contribution in [0.4, 0.5) is 0 Å². The van der Waals surface area contributed by atoms with Crippen molar-refractivity contribution in [2.45, 2.75) is 70.9 Å². The van der Waals surface area contributed by atoms with Gasteiger partial charge in [0.1, 0.15) is 5.75 Å². The van der Waals surface area contributed by atoms with Gasteiger partial charge in [-0.2, -0.15) is 0 Å². The van der Waals surface area contributed by atoms with Gasteiger partial charge in [0.2, 0.25) is 0 Å². The fourth-order valence-electron chi connectivity index (χ4n) is 4.40. The van der Waals surface area contributed by atoms with Crippen LogP contribution >= 0.6 is 0 Å². The molecule has 194 valence electrons. The van der Waals surface area contributed by atoms with E-state index < -0.39 is 12.5 Å². The molecule has 5 heteroatoms. The predicted octanol–water partition coefficient (Wildman–Crippen LogP) is 7.13. The first-order valence-corrected chi connectivity index (χ1v) is 13.4. The highest BCUT2D eigenvalue weighted by atomic mass is 16.5. The van der Waals surface area contributed by atoms with E-state index in [0.29, 0.717) is 29.9 Å². The summed E-state index contributed by atoms with van der Waals surface area (Å²) in [6.07, 6.45) is 6.28.